The van der Waals surface area contributed by atoms with Gasteiger partial charge in [0.2, 0.25) is 6.41 Å². The minimum Gasteiger partial charge on any atom is -0.394 e. The van der Waals surface area contributed by atoms with Gasteiger partial charge in [-0.05, 0) is 6.42 Å². The maximum Gasteiger partial charge on any atom is 0.251 e. The number of aliphatic hydroxyl groups excluding tert-OH is 1. The fourth-order valence-electron chi connectivity index (χ4n) is 1.91. The van der Waals surface area contributed by atoms with Gasteiger partial charge in [-0.15, -0.1) is 12.8 Å². The predicted molar refractivity (Wildman–Crippen MR) is 70.5 cm³/mol. The average Bonchev–Trinajstić information content (AvgIpc) is 2.80. The normalized spacial score (nSPS) is 25.4. The van der Waals surface area contributed by atoms with Crippen LogP contribution < -0.4 is 5.32 Å². The molecule has 0 saturated carbocycles. The topological polar surface area (TPSA) is 78.9 Å². The molecule has 6 nitrogen and oxygen atoms in total. The van der Waals surface area contributed by atoms with Crippen LogP contribution in [0.25, 0.3) is 0 Å². The second-order valence-electron chi connectivity index (χ2n) is 4.15. The fraction of sp³-hybridized carbons (Fsp3) is 0.538. The lowest BCUT2D eigenvalue weighted by atomic mass is 10.1. The second kappa shape index (κ2) is 9.14. The Labute approximate surface area is 113 Å². The summed E-state index contributed by atoms with van der Waals surface area (Å²) in [4.78, 5) is 22.8. The zero-order valence-corrected chi connectivity index (χ0v) is 11.2. The SMILES string of the molecule is C#C.CC1CC(CO)OC1N(C)/C=C\C(=O)NC=O. The molecule has 106 valence electrons. The van der Waals surface area contributed by atoms with Gasteiger partial charge < -0.3 is 14.7 Å². The van der Waals surface area contributed by atoms with E-state index in [1.165, 1.54) is 6.08 Å². The van der Waals surface area contributed by atoms with E-state index in [9.17, 15) is 9.59 Å². The van der Waals surface area contributed by atoms with Gasteiger partial charge in [0, 0.05) is 25.2 Å². The smallest absolute Gasteiger partial charge is 0.251 e. The van der Waals surface area contributed by atoms with Gasteiger partial charge in [-0.25, -0.2) is 0 Å². The van der Waals surface area contributed by atoms with E-state index in [4.69, 9.17) is 9.84 Å². The van der Waals surface area contributed by atoms with E-state index in [0.29, 0.717) is 6.41 Å². The average molecular weight is 268 g/mol. The van der Waals surface area contributed by atoms with Crippen LogP contribution in [0.1, 0.15) is 13.3 Å². The van der Waals surface area contributed by atoms with Crippen LogP contribution >= 0.6 is 0 Å². The van der Waals surface area contributed by atoms with E-state index in [0.717, 1.165) is 6.42 Å². The Bertz CT molecular complexity index is 341. The van der Waals surface area contributed by atoms with Crippen molar-refractivity contribution in [2.75, 3.05) is 13.7 Å². The fourth-order valence-corrected chi connectivity index (χ4v) is 1.91. The van der Waals surface area contributed by atoms with Crippen molar-refractivity contribution in [1.29, 1.82) is 0 Å². The first-order valence-electron chi connectivity index (χ1n) is 5.82. The standard InChI is InChI=1S/C11H18N2O4.C2H2/c1-8-5-9(6-14)17-11(8)13(2)4-3-10(16)12-7-15;1-2/h3-4,7-9,11,14H,5-6H2,1-2H3,(H,12,15,16);1-2H/b4-3-;. The molecule has 0 aromatic carbocycles. The van der Waals surface area contributed by atoms with Crippen LogP contribution in [0.2, 0.25) is 0 Å². The molecule has 0 aromatic heterocycles. The highest BCUT2D eigenvalue weighted by atomic mass is 16.5. The Morgan fingerprint density at radius 3 is 2.68 bits per heavy atom. The number of hydrogen-bond donors (Lipinski definition) is 2. The van der Waals surface area contributed by atoms with Crippen molar-refractivity contribution in [1.82, 2.24) is 10.2 Å². The van der Waals surface area contributed by atoms with E-state index in [1.54, 1.807) is 18.1 Å². The Balaban J connectivity index is 0.00000154. The summed E-state index contributed by atoms with van der Waals surface area (Å²) in [7, 11) is 1.78. The molecule has 1 aliphatic rings. The van der Waals surface area contributed by atoms with Gasteiger partial charge in [0.15, 0.2) is 0 Å². The van der Waals surface area contributed by atoms with E-state index in [1.807, 2.05) is 12.2 Å². The third-order valence-corrected chi connectivity index (χ3v) is 2.72. The van der Waals surface area contributed by atoms with Crippen molar-refractivity contribution in [2.24, 2.45) is 5.92 Å². The lowest BCUT2D eigenvalue weighted by molar-refractivity contribution is -0.121. The van der Waals surface area contributed by atoms with Gasteiger partial charge in [-0.3, -0.25) is 14.9 Å². The zero-order chi connectivity index (χ0) is 14.8. The highest BCUT2D eigenvalue weighted by Crippen LogP contribution is 2.27. The van der Waals surface area contributed by atoms with Crippen LogP contribution in [-0.2, 0) is 14.3 Å². The van der Waals surface area contributed by atoms with Crippen molar-refractivity contribution < 1.29 is 19.4 Å². The van der Waals surface area contributed by atoms with Crippen LogP contribution in [0.4, 0.5) is 0 Å². The number of nitrogens with one attached hydrogen (secondary N) is 1. The Kier molecular flexibility index (Phi) is 8.25. The maximum absolute atomic E-state index is 11.0. The maximum atomic E-state index is 11.0. The summed E-state index contributed by atoms with van der Waals surface area (Å²) in [6.45, 7) is 2.03. The van der Waals surface area contributed by atoms with Gasteiger partial charge in [0.25, 0.3) is 5.91 Å². The number of hydrogen-bond acceptors (Lipinski definition) is 5. The summed E-state index contributed by atoms with van der Waals surface area (Å²) < 4.78 is 5.60. The van der Waals surface area contributed by atoms with Crippen molar-refractivity contribution in [3.8, 4) is 12.8 Å². The summed E-state index contributed by atoms with van der Waals surface area (Å²) in [5, 5.41) is 11.0. The Hall–Kier alpha value is -1.84. The number of ether oxygens (including phenoxy) is 1. The minimum atomic E-state index is -0.476. The van der Waals surface area contributed by atoms with Crippen molar-refractivity contribution in [2.45, 2.75) is 25.7 Å². The molecule has 1 saturated heterocycles. The summed E-state index contributed by atoms with van der Waals surface area (Å²) in [6, 6.07) is 0. The summed E-state index contributed by atoms with van der Waals surface area (Å²) in [5.74, 6) is -0.202. The first-order chi connectivity index (χ1) is 9.08. The largest absolute Gasteiger partial charge is 0.394 e. The molecule has 1 aliphatic heterocycles. The van der Waals surface area contributed by atoms with Crippen LogP contribution in [-0.4, -0.2) is 48.3 Å². The molecule has 3 atom stereocenters. The van der Waals surface area contributed by atoms with Crippen LogP contribution in [0.15, 0.2) is 12.3 Å². The zero-order valence-electron chi connectivity index (χ0n) is 11.2. The van der Waals surface area contributed by atoms with Crippen LogP contribution in [0, 0.1) is 18.8 Å². The van der Waals surface area contributed by atoms with Crippen LogP contribution in [0.3, 0.4) is 0 Å². The number of aliphatic hydroxyl groups is 1. The van der Waals surface area contributed by atoms with E-state index in [2.05, 4.69) is 12.8 Å². The molecule has 3 unspecified atom stereocenters. The third kappa shape index (κ3) is 5.55. The number of carbonyl (C=O) groups excluding carboxylic acids is 2. The highest BCUT2D eigenvalue weighted by Gasteiger charge is 2.33. The molecular weight excluding hydrogens is 248 g/mol. The minimum absolute atomic E-state index is 0.00399. The Morgan fingerprint density at radius 2 is 2.21 bits per heavy atom. The van der Waals surface area contributed by atoms with E-state index < -0.39 is 5.91 Å². The number of imide groups is 1. The molecule has 0 radical (unpaired) electrons. The van der Waals surface area contributed by atoms with Crippen molar-refractivity contribution in [3.05, 3.63) is 12.3 Å². The van der Waals surface area contributed by atoms with Crippen molar-refractivity contribution >= 4 is 12.3 Å². The third-order valence-electron chi connectivity index (χ3n) is 2.72. The lowest BCUT2D eigenvalue weighted by Gasteiger charge is -2.25. The molecule has 0 aromatic rings. The first kappa shape index (κ1) is 17.2. The summed E-state index contributed by atoms with van der Waals surface area (Å²) in [6.07, 6.45) is 11.6. The second-order valence-corrected chi connectivity index (χ2v) is 4.15. The molecule has 1 rings (SSSR count). The first-order valence-corrected chi connectivity index (χ1v) is 5.82. The van der Waals surface area contributed by atoms with Gasteiger partial charge in [-0.1, -0.05) is 6.92 Å². The van der Waals surface area contributed by atoms with Gasteiger partial charge >= 0.3 is 0 Å². The number of carbonyl (C=O) groups is 2. The molecular formula is C13H20N2O4. The van der Waals surface area contributed by atoms with Gasteiger partial charge in [-0.2, -0.15) is 0 Å². The molecule has 6 heteroatoms. The van der Waals surface area contributed by atoms with Crippen LogP contribution in [0.5, 0.6) is 0 Å². The quantitative estimate of drug-likeness (QED) is 0.406. The predicted octanol–water partition coefficient (Wildman–Crippen LogP) is -0.303. The summed E-state index contributed by atoms with van der Waals surface area (Å²) in [5.41, 5.74) is 0. The highest BCUT2D eigenvalue weighted by molar-refractivity contribution is 5.94. The Morgan fingerprint density at radius 1 is 1.58 bits per heavy atom. The molecule has 0 aliphatic carbocycles. The molecule has 1 fully saturated rings. The monoisotopic (exact) mass is 268 g/mol. The molecule has 2 amide bonds. The van der Waals surface area contributed by atoms with Gasteiger partial charge in [0.1, 0.15) is 6.23 Å². The van der Waals surface area contributed by atoms with E-state index in [-0.39, 0.29) is 24.9 Å². The summed E-state index contributed by atoms with van der Waals surface area (Å²) >= 11 is 0. The number of terminal acetylenes is 1. The number of amides is 2. The van der Waals surface area contributed by atoms with Crippen molar-refractivity contribution in [3.63, 3.8) is 0 Å². The van der Waals surface area contributed by atoms with E-state index >= 15 is 0 Å². The number of rotatable bonds is 5. The molecule has 2 N–H and O–H groups in total. The van der Waals surface area contributed by atoms with Gasteiger partial charge in [0.05, 0.1) is 12.7 Å². The molecule has 0 bridgehead atoms. The molecule has 1 heterocycles. The molecule has 0 spiro atoms. The lowest BCUT2D eigenvalue weighted by Crippen LogP contribution is -2.32. The molecule has 19 heavy (non-hydrogen) atoms. The number of nitrogens with zero attached hydrogens (tertiary/aromatic N) is 1.